The van der Waals surface area contributed by atoms with E-state index >= 15 is 0 Å². The maximum Gasteiger partial charge on any atom is 0.332 e. The Morgan fingerprint density at radius 1 is 0.529 bits per heavy atom. The van der Waals surface area contributed by atoms with Crippen molar-refractivity contribution in [3.63, 3.8) is 0 Å². The zero-order chi connectivity index (χ0) is 49.0. The first-order valence-electron chi connectivity index (χ1n) is 24.0. The van der Waals surface area contributed by atoms with Gasteiger partial charge in [-0.25, -0.2) is 0 Å². The molecule has 0 aliphatic rings. The summed E-state index contributed by atoms with van der Waals surface area (Å²) in [5, 5.41) is 9.00. The van der Waals surface area contributed by atoms with Gasteiger partial charge in [0.05, 0.1) is 13.2 Å². The number of hydrogen-bond donors (Lipinski definition) is 2. The zero-order valence-electron chi connectivity index (χ0n) is 41.5. The number of aliphatic hydroxyl groups excluding tert-OH is 1. The third kappa shape index (κ3) is 14.0. The maximum atomic E-state index is 12.6. The molecule has 0 aliphatic carbocycles. The van der Waals surface area contributed by atoms with Gasteiger partial charge in [0.1, 0.15) is 0 Å². The number of aliphatic hydroxyl groups is 1. The summed E-state index contributed by atoms with van der Waals surface area (Å²) in [6.07, 6.45) is 2.71. The number of hydrogen-bond acceptors (Lipinski definition) is 9. The van der Waals surface area contributed by atoms with E-state index in [0.29, 0.717) is 31.7 Å². The van der Waals surface area contributed by atoms with Gasteiger partial charge in [-0.3, -0.25) is 9.59 Å². The second-order valence-corrected chi connectivity index (χ2v) is 21.6. The van der Waals surface area contributed by atoms with Gasteiger partial charge >= 0.3 is 20.5 Å². The Morgan fingerprint density at radius 2 is 0.941 bits per heavy atom. The number of anilines is 6. The second kappa shape index (κ2) is 23.8. The van der Waals surface area contributed by atoms with Crippen LogP contribution < -0.4 is 9.80 Å². The van der Waals surface area contributed by atoms with Gasteiger partial charge < -0.3 is 33.6 Å². The first-order valence-corrected chi connectivity index (χ1v) is 26.5. The molecule has 9 nitrogen and oxygen atoms in total. The van der Waals surface area contributed by atoms with Gasteiger partial charge in [0.2, 0.25) is 0 Å². The number of rotatable bonds is 22. The standard InChI is InChI=1S/C58H70N2O7Si/c1-40(2)67-68(9,64)35-11-34-66-58(63)31-19-48-16-26-52(27-17-48)60(54-23-13-42(4)44(6)39-54)56-29-21-50(37-46(56)8)49-20-28-55(45(7)36-49)59(53-22-12-41(3)43(5)38-53)51-24-14-47(15-25-51)18-30-57(62)65-33-10-32-61/h12-17,20-29,36-40,61,64H,10-11,18-19,30-35H2,1-9H3. The van der Waals surface area contributed by atoms with Crippen LogP contribution in [0.15, 0.2) is 121 Å². The summed E-state index contributed by atoms with van der Waals surface area (Å²) in [6, 6.07) is 43.8. The maximum absolute atomic E-state index is 12.6. The minimum Gasteiger partial charge on any atom is -0.466 e. The molecule has 0 aliphatic heterocycles. The van der Waals surface area contributed by atoms with Crippen LogP contribution in [0.1, 0.15) is 84.0 Å². The highest BCUT2D eigenvalue weighted by atomic mass is 28.4. The lowest BCUT2D eigenvalue weighted by molar-refractivity contribution is -0.144. The molecule has 0 aromatic heterocycles. The van der Waals surface area contributed by atoms with Crippen molar-refractivity contribution >= 4 is 54.6 Å². The van der Waals surface area contributed by atoms with Gasteiger partial charge in [0.25, 0.3) is 0 Å². The molecule has 0 fully saturated rings. The molecule has 68 heavy (non-hydrogen) atoms. The van der Waals surface area contributed by atoms with Gasteiger partial charge in [-0.05, 0) is 216 Å². The van der Waals surface area contributed by atoms with Crippen LogP contribution in [0, 0.1) is 41.5 Å². The van der Waals surface area contributed by atoms with E-state index in [9.17, 15) is 14.4 Å². The molecule has 6 aromatic rings. The Labute approximate surface area is 405 Å². The Balaban J connectivity index is 1.21. The van der Waals surface area contributed by atoms with Crippen LogP contribution in [0.25, 0.3) is 11.1 Å². The van der Waals surface area contributed by atoms with E-state index in [1.54, 1.807) is 6.55 Å². The topological polar surface area (TPSA) is 109 Å². The van der Waals surface area contributed by atoms with Crippen molar-refractivity contribution in [3.05, 3.63) is 166 Å². The normalized spacial score (nSPS) is 12.2. The van der Waals surface area contributed by atoms with Crippen molar-refractivity contribution in [2.45, 2.75) is 113 Å². The predicted molar refractivity (Wildman–Crippen MR) is 279 cm³/mol. The Kier molecular flexibility index (Phi) is 18.0. The molecule has 1 unspecified atom stereocenters. The summed E-state index contributed by atoms with van der Waals surface area (Å²) in [7, 11) is -2.75. The van der Waals surface area contributed by atoms with E-state index in [2.05, 4.69) is 173 Å². The average molecular weight is 935 g/mol. The number of benzene rings is 6. The fraction of sp³-hybridized carbons (Fsp3) is 0.345. The molecular weight excluding hydrogens is 865 g/mol. The summed E-state index contributed by atoms with van der Waals surface area (Å²) in [6.45, 7) is 19.0. The molecule has 0 saturated heterocycles. The largest absolute Gasteiger partial charge is 0.466 e. The SMILES string of the molecule is Cc1ccc(N(c2ccc(CCC(=O)OCCCO)cc2)c2ccc(-c3ccc(N(c4ccc(CCC(=O)OCCC[Si](C)(O)OC(C)C)cc4)c4ccc(C)c(C)c4)c(C)c3)cc2C)cc1C. The highest BCUT2D eigenvalue weighted by Crippen LogP contribution is 2.42. The fourth-order valence-corrected chi connectivity index (χ4v) is 10.4. The molecule has 1 atom stereocenters. The smallest absolute Gasteiger partial charge is 0.332 e. The molecular formula is C58H70N2O7Si. The molecule has 0 saturated carbocycles. The summed E-state index contributed by atoms with van der Waals surface area (Å²) < 4.78 is 16.4. The predicted octanol–water partition coefficient (Wildman–Crippen LogP) is 13.4. The van der Waals surface area contributed by atoms with Crippen LogP contribution in [-0.4, -0.2) is 56.3 Å². The highest BCUT2D eigenvalue weighted by Gasteiger charge is 2.27. The summed E-state index contributed by atoms with van der Waals surface area (Å²) in [5.74, 6) is -0.501. The number of nitrogens with zero attached hydrogens (tertiary/aromatic N) is 2. The summed E-state index contributed by atoms with van der Waals surface area (Å²) in [4.78, 5) is 40.0. The van der Waals surface area contributed by atoms with Crippen LogP contribution in [0.5, 0.6) is 0 Å². The number of aryl methyl sites for hydroxylation is 8. The van der Waals surface area contributed by atoms with Crippen molar-refractivity contribution in [3.8, 4) is 11.1 Å². The molecule has 6 aromatic carbocycles. The van der Waals surface area contributed by atoms with Crippen LogP contribution in [0.3, 0.4) is 0 Å². The molecule has 10 heteroatoms. The van der Waals surface area contributed by atoms with Crippen molar-refractivity contribution in [1.82, 2.24) is 0 Å². The van der Waals surface area contributed by atoms with Crippen molar-refractivity contribution in [2.75, 3.05) is 29.6 Å². The van der Waals surface area contributed by atoms with Crippen LogP contribution in [-0.2, 0) is 36.3 Å². The van der Waals surface area contributed by atoms with Crippen LogP contribution in [0.2, 0.25) is 12.6 Å². The van der Waals surface area contributed by atoms with Crippen molar-refractivity contribution < 1.29 is 33.4 Å². The lowest BCUT2D eigenvalue weighted by atomic mass is 9.98. The lowest BCUT2D eigenvalue weighted by Gasteiger charge is -2.29. The lowest BCUT2D eigenvalue weighted by Crippen LogP contribution is -2.37. The number of ether oxygens (including phenoxy) is 2. The third-order valence-corrected chi connectivity index (χ3v) is 14.7. The van der Waals surface area contributed by atoms with E-state index in [-0.39, 0.29) is 50.7 Å². The minimum absolute atomic E-state index is 0.00284. The average Bonchev–Trinajstić information content (AvgIpc) is 3.30. The zero-order valence-corrected chi connectivity index (χ0v) is 42.5. The molecule has 358 valence electrons. The summed E-state index contributed by atoms with van der Waals surface area (Å²) in [5.41, 5.74) is 17.8. The van der Waals surface area contributed by atoms with Gasteiger partial charge in [0.15, 0.2) is 0 Å². The Bertz CT molecular complexity index is 2640. The van der Waals surface area contributed by atoms with Crippen molar-refractivity contribution in [1.29, 1.82) is 0 Å². The Morgan fingerprint density at radius 3 is 1.32 bits per heavy atom. The molecule has 0 bridgehead atoms. The van der Waals surface area contributed by atoms with Crippen molar-refractivity contribution in [2.24, 2.45) is 0 Å². The fourth-order valence-electron chi connectivity index (χ4n) is 8.42. The van der Waals surface area contributed by atoms with Gasteiger partial charge in [0, 0.05) is 66.1 Å². The second-order valence-electron chi connectivity index (χ2n) is 18.5. The minimum atomic E-state index is -2.75. The van der Waals surface area contributed by atoms with E-state index in [1.807, 2.05) is 13.8 Å². The molecule has 0 heterocycles. The van der Waals surface area contributed by atoms with Gasteiger partial charge in [-0.15, -0.1) is 0 Å². The molecule has 0 radical (unpaired) electrons. The van der Waals surface area contributed by atoms with E-state index in [0.717, 1.165) is 67.5 Å². The quantitative estimate of drug-likeness (QED) is 0.0391. The first-order chi connectivity index (χ1) is 32.5. The summed E-state index contributed by atoms with van der Waals surface area (Å²) >= 11 is 0. The monoisotopic (exact) mass is 934 g/mol. The number of carbonyl (C=O) groups is 2. The van der Waals surface area contributed by atoms with E-state index < -0.39 is 8.56 Å². The number of carbonyl (C=O) groups excluding carboxylic acids is 2. The Hall–Kier alpha value is -6.04. The molecule has 2 N–H and O–H groups in total. The first kappa shape index (κ1) is 51.4. The molecule has 0 amide bonds. The van der Waals surface area contributed by atoms with Gasteiger partial charge in [-0.2, -0.15) is 0 Å². The molecule has 0 spiro atoms. The molecule has 6 rings (SSSR count). The van der Waals surface area contributed by atoms with E-state index in [4.69, 9.17) is 19.0 Å². The van der Waals surface area contributed by atoms with E-state index in [1.165, 1.54) is 22.3 Å². The highest BCUT2D eigenvalue weighted by molar-refractivity contribution is 6.64. The third-order valence-electron chi connectivity index (χ3n) is 12.4. The number of esters is 2. The van der Waals surface area contributed by atoms with Gasteiger partial charge in [-0.1, -0.05) is 48.5 Å². The van der Waals surface area contributed by atoms with Crippen LogP contribution >= 0.6 is 0 Å². The van der Waals surface area contributed by atoms with Crippen LogP contribution in [0.4, 0.5) is 34.1 Å².